The standard InChI is InChI=1S/C17H19NO3/c1-4-9-18-15(8-7-14(16(18)19)17(20)21)13-6-5-11(2)12(3)10-13/h5-8,10H,4,9H2,1-3H3,(H,20,21). The fourth-order valence-corrected chi connectivity index (χ4v) is 2.34. The van der Waals surface area contributed by atoms with Crippen molar-refractivity contribution in [2.75, 3.05) is 0 Å². The lowest BCUT2D eigenvalue weighted by Gasteiger charge is -2.14. The van der Waals surface area contributed by atoms with Gasteiger partial charge < -0.3 is 9.67 Å². The Balaban J connectivity index is 2.68. The van der Waals surface area contributed by atoms with Crippen LogP contribution in [0.4, 0.5) is 0 Å². The Morgan fingerprint density at radius 1 is 1.14 bits per heavy atom. The summed E-state index contributed by atoms with van der Waals surface area (Å²) in [6.45, 7) is 6.52. The van der Waals surface area contributed by atoms with Gasteiger partial charge in [0.15, 0.2) is 0 Å². The Labute approximate surface area is 123 Å². The quantitative estimate of drug-likeness (QED) is 0.938. The fourth-order valence-electron chi connectivity index (χ4n) is 2.34. The van der Waals surface area contributed by atoms with E-state index in [0.717, 1.165) is 23.2 Å². The Morgan fingerprint density at radius 2 is 1.86 bits per heavy atom. The van der Waals surface area contributed by atoms with E-state index in [4.69, 9.17) is 5.11 Å². The van der Waals surface area contributed by atoms with Crippen LogP contribution in [0.2, 0.25) is 0 Å². The molecule has 1 aromatic carbocycles. The van der Waals surface area contributed by atoms with Gasteiger partial charge in [-0.2, -0.15) is 0 Å². The Kier molecular flexibility index (Phi) is 4.26. The van der Waals surface area contributed by atoms with Gasteiger partial charge in [0.1, 0.15) is 5.56 Å². The molecule has 0 saturated carbocycles. The summed E-state index contributed by atoms with van der Waals surface area (Å²) in [4.78, 5) is 23.4. The molecule has 0 unspecified atom stereocenters. The highest BCUT2D eigenvalue weighted by Gasteiger charge is 2.14. The highest BCUT2D eigenvalue weighted by Crippen LogP contribution is 2.22. The molecule has 0 aliphatic rings. The number of hydrogen-bond donors (Lipinski definition) is 1. The molecule has 4 heteroatoms. The molecule has 2 rings (SSSR count). The van der Waals surface area contributed by atoms with Crippen molar-refractivity contribution in [3.8, 4) is 11.3 Å². The lowest BCUT2D eigenvalue weighted by atomic mass is 10.0. The van der Waals surface area contributed by atoms with E-state index in [2.05, 4.69) is 0 Å². The summed E-state index contributed by atoms with van der Waals surface area (Å²) in [6, 6.07) is 9.10. The van der Waals surface area contributed by atoms with Crippen LogP contribution in [-0.2, 0) is 6.54 Å². The highest BCUT2D eigenvalue weighted by molar-refractivity contribution is 5.87. The Bertz CT molecular complexity index is 744. The summed E-state index contributed by atoms with van der Waals surface area (Å²) in [5.41, 5.74) is 3.39. The summed E-state index contributed by atoms with van der Waals surface area (Å²) >= 11 is 0. The molecule has 4 nitrogen and oxygen atoms in total. The normalized spacial score (nSPS) is 10.6. The Hall–Kier alpha value is -2.36. The van der Waals surface area contributed by atoms with E-state index >= 15 is 0 Å². The van der Waals surface area contributed by atoms with Gasteiger partial charge in [0, 0.05) is 6.54 Å². The van der Waals surface area contributed by atoms with Crippen molar-refractivity contribution < 1.29 is 9.90 Å². The number of carboxylic acid groups (broad SMARTS) is 1. The van der Waals surface area contributed by atoms with E-state index in [1.54, 1.807) is 10.6 Å². The molecule has 0 bridgehead atoms. The number of aryl methyl sites for hydroxylation is 2. The first-order valence-corrected chi connectivity index (χ1v) is 7.00. The van der Waals surface area contributed by atoms with Gasteiger partial charge in [-0.05, 0) is 55.2 Å². The Morgan fingerprint density at radius 3 is 2.43 bits per heavy atom. The number of rotatable bonds is 4. The molecular formula is C17H19NO3. The number of aromatic nitrogens is 1. The molecule has 0 amide bonds. The number of carbonyl (C=O) groups is 1. The molecule has 1 heterocycles. The summed E-state index contributed by atoms with van der Waals surface area (Å²) in [6.07, 6.45) is 0.765. The van der Waals surface area contributed by atoms with Crippen LogP contribution in [-0.4, -0.2) is 15.6 Å². The van der Waals surface area contributed by atoms with E-state index in [0.29, 0.717) is 6.54 Å². The van der Waals surface area contributed by atoms with E-state index in [9.17, 15) is 9.59 Å². The van der Waals surface area contributed by atoms with Crippen LogP contribution in [0, 0.1) is 13.8 Å². The first-order valence-electron chi connectivity index (χ1n) is 7.00. The molecule has 0 aliphatic heterocycles. The summed E-state index contributed by atoms with van der Waals surface area (Å²) in [5, 5.41) is 9.09. The second-order valence-corrected chi connectivity index (χ2v) is 5.19. The minimum atomic E-state index is -1.18. The van der Waals surface area contributed by atoms with Gasteiger partial charge in [-0.15, -0.1) is 0 Å². The van der Waals surface area contributed by atoms with Crippen molar-refractivity contribution >= 4 is 5.97 Å². The molecule has 2 aromatic rings. The van der Waals surface area contributed by atoms with Gasteiger partial charge in [-0.25, -0.2) is 4.79 Å². The summed E-state index contributed by atoms with van der Waals surface area (Å²) in [7, 11) is 0. The molecule has 0 radical (unpaired) electrons. The van der Waals surface area contributed by atoms with Crippen LogP contribution in [0.3, 0.4) is 0 Å². The predicted molar refractivity (Wildman–Crippen MR) is 82.9 cm³/mol. The number of benzene rings is 1. The van der Waals surface area contributed by atoms with Crippen LogP contribution in [0.25, 0.3) is 11.3 Å². The zero-order valence-electron chi connectivity index (χ0n) is 12.5. The zero-order valence-corrected chi connectivity index (χ0v) is 12.5. The lowest BCUT2D eigenvalue weighted by molar-refractivity contribution is 0.0694. The van der Waals surface area contributed by atoms with Crippen LogP contribution in [0.1, 0.15) is 34.8 Å². The van der Waals surface area contributed by atoms with Gasteiger partial charge in [0.25, 0.3) is 5.56 Å². The molecule has 0 saturated heterocycles. The number of aromatic carboxylic acids is 1. The number of nitrogens with zero attached hydrogens (tertiary/aromatic N) is 1. The van der Waals surface area contributed by atoms with E-state index in [1.165, 1.54) is 11.6 Å². The topological polar surface area (TPSA) is 59.3 Å². The summed E-state index contributed by atoms with van der Waals surface area (Å²) in [5.74, 6) is -1.18. The van der Waals surface area contributed by atoms with E-state index < -0.39 is 11.5 Å². The monoisotopic (exact) mass is 285 g/mol. The van der Waals surface area contributed by atoms with Crippen molar-refractivity contribution in [3.05, 3.63) is 57.4 Å². The largest absolute Gasteiger partial charge is 0.477 e. The maximum Gasteiger partial charge on any atom is 0.341 e. The molecular weight excluding hydrogens is 266 g/mol. The summed E-state index contributed by atoms with van der Waals surface area (Å²) < 4.78 is 1.55. The molecule has 0 aliphatic carbocycles. The second-order valence-electron chi connectivity index (χ2n) is 5.19. The third-order valence-electron chi connectivity index (χ3n) is 3.65. The number of carboxylic acids is 1. The highest BCUT2D eigenvalue weighted by atomic mass is 16.4. The molecule has 110 valence electrons. The lowest BCUT2D eigenvalue weighted by Crippen LogP contribution is -2.27. The average molecular weight is 285 g/mol. The molecule has 1 N–H and O–H groups in total. The van der Waals surface area contributed by atoms with Gasteiger partial charge in [-0.3, -0.25) is 4.79 Å². The van der Waals surface area contributed by atoms with Gasteiger partial charge in [0.05, 0.1) is 5.69 Å². The predicted octanol–water partition coefficient (Wildman–Crippen LogP) is 3.24. The van der Waals surface area contributed by atoms with Crippen LogP contribution in [0.15, 0.2) is 35.1 Å². The minimum absolute atomic E-state index is 0.184. The molecule has 0 spiro atoms. The molecule has 21 heavy (non-hydrogen) atoms. The fraction of sp³-hybridized carbons (Fsp3) is 0.294. The first-order chi connectivity index (χ1) is 9.95. The third-order valence-corrected chi connectivity index (χ3v) is 3.65. The maximum atomic E-state index is 12.3. The molecule has 1 aromatic heterocycles. The van der Waals surface area contributed by atoms with Crippen molar-refractivity contribution in [2.45, 2.75) is 33.7 Å². The molecule has 0 fully saturated rings. The van der Waals surface area contributed by atoms with E-state index in [-0.39, 0.29) is 5.56 Å². The minimum Gasteiger partial charge on any atom is -0.477 e. The van der Waals surface area contributed by atoms with Gasteiger partial charge in [0.2, 0.25) is 0 Å². The maximum absolute atomic E-state index is 12.3. The zero-order chi connectivity index (χ0) is 15.6. The van der Waals surface area contributed by atoms with Crippen LogP contribution >= 0.6 is 0 Å². The third kappa shape index (κ3) is 2.89. The average Bonchev–Trinajstić information content (AvgIpc) is 2.44. The van der Waals surface area contributed by atoms with Crippen molar-refractivity contribution in [3.63, 3.8) is 0 Å². The van der Waals surface area contributed by atoms with Gasteiger partial charge in [-0.1, -0.05) is 19.1 Å². The van der Waals surface area contributed by atoms with Crippen molar-refractivity contribution in [1.29, 1.82) is 0 Å². The van der Waals surface area contributed by atoms with Crippen LogP contribution in [0.5, 0.6) is 0 Å². The van der Waals surface area contributed by atoms with Crippen molar-refractivity contribution in [2.24, 2.45) is 0 Å². The molecule has 0 atom stereocenters. The van der Waals surface area contributed by atoms with Crippen molar-refractivity contribution in [1.82, 2.24) is 4.57 Å². The first kappa shape index (κ1) is 15.0. The second kappa shape index (κ2) is 5.95. The number of pyridine rings is 1. The van der Waals surface area contributed by atoms with E-state index in [1.807, 2.05) is 39.0 Å². The SMILES string of the molecule is CCCn1c(-c2ccc(C)c(C)c2)ccc(C(=O)O)c1=O. The van der Waals surface area contributed by atoms with Gasteiger partial charge >= 0.3 is 5.97 Å². The number of hydrogen-bond acceptors (Lipinski definition) is 2. The smallest absolute Gasteiger partial charge is 0.341 e. The van der Waals surface area contributed by atoms with Crippen LogP contribution < -0.4 is 5.56 Å².